The Bertz CT molecular complexity index is 504. The Morgan fingerprint density at radius 3 is 2.39 bits per heavy atom. The van der Waals surface area contributed by atoms with Gasteiger partial charge in [0, 0.05) is 42.3 Å². The van der Waals surface area contributed by atoms with Gasteiger partial charge in [0.25, 0.3) is 0 Å². The highest BCUT2D eigenvalue weighted by atomic mass is 79.9. The van der Waals surface area contributed by atoms with Crippen LogP contribution in [-0.4, -0.2) is 36.2 Å². The molecular formula is C17H27BrCl2N2O. The van der Waals surface area contributed by atoms with Crippen LogP contribution in [0.2, 0.25) is 0 Å². The van der Waals surface area contributed by atoms with Crippen LogP contribution in [0.1, 0.15) is 42.9 Å². The summed E-state index contributed by atoms with van der Waals surface area (Å²) < 4.78 is 1.07. The normalized spacial score (nSPS) is 20.6. The van der Waals surface area contributed by atoms with E-state index >= 15 is 0 Å². The minimum atomic E-state index is 0. The van der Waals surface area contributed by atoms with E-state index in [-0.39, 0.29) is 24.8 Å². The third-order valence-electron chi connectivity index (χ3n) is 5.00. The number of hydrogen-bond acceptors (Lipinski definition) is 3. The predicted molar refractivity (Wildman–Crippen MR) is 104 cm³/mol. The number of hydrogen-bond donors (Lipinski definition) is 2. The minimum absolute atomic E-state index is 0. The first-order valence-corrected chi connectivity index (χ1v) is 8.90. The molecular weight excluding hydrogens is 399 g/mol. The maximum absolute atomic E-state index is 10.6. The Kier molecular flexibility index (Phi) is 8.67. The van der Waals surface area contributed by atoms with Gasteiger partial charge in [0.1, 0.15) is 5.75 Å². The van der Waals surface area contributed by atoms with E-state index in [0.717, 1.165) is 41.8 Å². The van der Waals surface area contributed by atoms with Crippen LogP contribution in [-0.2, 0) is 0 Å². The van der Waals surface area contributed by atoms with Gasteiger partial charge in [0.2, 0.25) is 0 Å². The van der Waals surface area contributed by atoms with Crippen molar-refractivity contribution >= 4 is 40.7 Å². The van der Waals surface area contributed by atoms with E-state index in [4.69, 9.17) is 0 Å². The van der Waals surface area contributed by atoms with Crippen molar-refractivity contribution in [1.82, 2.24) is 10.2 Å². The van der Waals surface area contributed by atoms with Gasteiger partial charge in [0.05, 0.1) is 0 Å². The second-order valence-electron chi connectivity index (χ2n) is 6.44. The molecule has 0 aromatic heterocycles. The maximum Gasteiger partial charge on any atom is 0.123 e. The number of nitrogens with one attached hydrogen (secondary N) is 1. The number of piperazine rings is 1. The zero-order chi connectivity index (χ0) is 14.8. The molecule has 2 N–H and O–H groups in total. The lowest BCUT2D eigenvalue weighted by Crippen LogP contribution is -2.46. The lowest BCUT2D eigenvalue weighted by atomic mass is 9.88. The summed E-state index contributed by atoms with van der Waals surface area (Å²) in [6.45, 7) is 6.25. The zero-order valence-electron chi connectivity index (χ0n) is 13.6. The number of phenols is 1. The molecule has 0 bridgehead atoms. The molecule has 2 fully saturated rings. The van der Waals surface area contributed by atoms with Crippen molar-refractivity contribution in [1.29, 1.82) is 0 Å². The average Bonchev–Trinajstić information content (AvgIpc) is 2.99. The first-order valence-electron chi connectivity index (χ1n) is 8.10. The molecule has 1 aliphatic carbocycles. The third kappa shape index (κ3) is 4.76. The van der Waals surface area contributed by atoms with E-state index in [1.54, 1.807) is 0 Å². The molecule has 2 aliphatic rings. The molecule has 1 aliphatic heterocycles. The largest absolute Gasteiger partial charge is 0.507 e. The molecule has 0 spiro atoms. The van der Waals surface area contributed by atoms with Crippen molar-refractivity contribution in [3.63, 3.8) is 0 Å². The molecule has 1 heterocycles. The molecule has 0 radical (unpaired) electrons. The number of halogens is 3. The molecule has 3 rings (SSSR count). The molecule has 1 aromatic rings. The summed E-state index contributed by atoms with van der Waals surface area (Å²) in [5.74, 6) is 1.18. The molecule has 23 heavy (non-hydrogen) atoms. The maximum atomic E-state index is 10.6. The van der Waals surface area contributed by atoms with Gasteiger partial charge in [-0.05, 0) is 43.4 Å². The fourth-order valence-corrected chi connectivity index (χ4v) is 4.56. The van der Waals surface area contributed by atoms with E-state index in [2.05, 4.69) is 32.2 Å². The number of nitrogens with zero attached hydrogens (tertiary/aromatic N) is 1. The van der Waals surface area contributed by atoms with Gasteiger partial charge in [-0.1, -0.05) is 28.8 Å². The predicted octanol–water partition coefficient (Wildman–Crippen LogP) is 4.44. The lowest BCUT2D eigenvalue weighted by Gasteiger charge is -2.39. The van der Waals surface area contributed by atoms with Crippen LogP contribution in [0, 0.1) is 12.8 Å². The van der Waals surface area contributed by atoms with Crippen LogP contribution in [0.5, 0.6) is 5.75 Å². The molecule has 1 saturated heterocycles. The average molecular weight is 426 g/mol. The molecule has 1 aromatic carbocycles. The fourth-order valence-electron chi connectivity index (χ4n) is 3.97. The molecule has 6 heteroatoms. The van der Waals surface area contributed by atoms with Gasteiger partial charge in [-0.2, -0.15) is 0 Å². The first-order chi connectivity index (χ1) is 10.2. The van der Waals surface area contributed by atoms with Gasteiger partial charge in [-0.15, -0.1) is 24.8 Å². The van der Waals surface area contributed by atoms with Crippen molar-refractivity contribution in [2.24, 2.45) is 5.92 Å². The number of phenolic OH excluding ortho intramolecular Hbond substituents is 1. The monoisotopic (exact) mass is 424 g/mol. The van der Waals surface area contributed by atoms with Gasteiger partial charge >= 0.3 is 0 Å². The topological polar surface area (TPSA) is 35.5 Å². The second kappa shape index (κ2) is 9.47. The Morgan fingerprint density at radius 1 is 1.17 bits per heavy atom. The van der Waals surface area contributed by atoms with Gasteiger partial charge in [-0.25, -0.2) is 0 Å². The highest BCUT2D eigenvalue weighted by molar-refractivity contribution is 9.10. The van der Waals surface area contributed by atoms with Crippen LogP contribution >= 0.6 is 40.7 Å². The fraction of sp³-hybridized carbons (Fsp3) is 0.647. The van der Waals surface area contributed by atoms with Crippen molar-refractivity contribution in [3.05, 3.63) is 27.7 Å². The molecule has 0 amide bonds. The van der Waals surface area contributed by atoms with Crippen molar-refractivity contribution in [2.45, 2.75) is 38.6 Å². The quantitative estimate of drug-likeness (QED) is 0.751. The molecule has 1 saturated carbocycles. The van der Waals surface area contributed by atoms with Crippen LogP contribution < -0.4 is 5.32 Å². The number of aromatic hydroxyl groups is 1. The summed E-state index contributed by atoms with van der Waals surface area (Å²) in [5, 5.41) is 14.1. The van der Waals surface area contributed by atoms with Crippen molar-refractivity contribution in [2.75, 3.05) is 26.2 Å². The first kappa shape index (κ1) is 21.0. The van der Waals surface area contributed by atoms with Crippen LogP contribution in [0.3, 0.4) is 0 Å². The lowest BCUT2D eigenvalue weighted by molar-refractivity contribution is 0.123. The van der Waals surface area contributed by atoms with Gasteiger partial charge in [0.15, 0.2) is 0 Å². The van der Waals surface area contributed by atoms with E-state index in [9.17, 15) is 5.11 Å². The Labute approximate surface area is 160 Å². The highest BCUT2D eigenvalue weighted by Gasteiger charge is 2.33. The molecule has 0 unspecified atom stereocenters. The second-order valence-corrected chi connectivity index (χ2v) is 7.35. The van der Waals surface area contributed by atoms with Crippen LogP contribution in [0.4, 0.5) is 0 Å². The summed E-state index contributed by atoms with van der Waals surface area (Å²) in [6, 6.07) is 4.50. The summed E-state index contributed by atoms with van der Waals surface area (Å²) in [6.07, 6.45) is 5.25. The summed E-state index contributed by atoms with van der Waals surface area (Å²) in [7, 11) is 0. The van der Waals surface area contributed by atoms with Crippen molar-refractivity contribution in [3.8, 4) is 5.75 Å². The number of benzene rings is 1. The summed E-state index contributed by atoms with van der Waals surface area (Å²) in [5.41, 5.74) is 2.09. The number of rotatable bonds is 3. The summed E-state index contributed by atoms with van der Waals surface area (Å²) in [4.78, 5) is 2.58. The summed E-state index contributed by atoms with van der Waals surface area (Å²) >= 11 is 3.61. The van der Waals surface area contributed by atoms with E-state index in [1.807, 2.05) is 13.0 Å². The molecule has 132 valence electrons. The molecule has 3 nitrogen and oxygen atoms in total. The smallest absolute Gasteiger partial charge is 0.123 e. The van der Waals surface area contributed by atoms with Gasteiger partial charge < -0.3 is 10.4 Å². The van der Waals surface area contributed by atoms with Gasteiger partial charge in [-0.3, -0.25) is 4.90 Å². The Hall–Kier alpha value is -0.000000000000000111. The Balaban J connectivity index is 0.00000132. The standard InChI is InChI=1S/C17H25BrN2O.2ClH/c1-12-10-14(18)11-15(17(12)21)16(13-4-2-3-5-13)20-8-6-19-7-9-20;;/h10-11,13,16,19,21H,2-9H2,1H3;2*1H/t16-;;/m1../s1. The Morgan fingerprint density at radius 2 is 1.78 bits per heavy atom. The SMILES string of the molecule is Cc1cc(Br)cc([C@@H](C2CCCC2)N2CCNCC2)c1O.Cl.Cl. The van der Waals surface area contributed by atoms with E-state index < -0.39 is 0 Å². The minimum Gasteiger partial charge on any atom is -0.507 e. The highest BCUT2D eigenvalue weighted by Crippen LogP contribution is 2.44. The van der Waals surface area contributed by atoms with Crippen LogP contribution in [0.15, 0.2) is 16.6 Å². The third-order valence-corrected chi connectivity index (χ3v) is 5.46. The van der Waals surface area contributed by atoms with E-state index in [0.29, 0.717) is 17.7 Å². The van der Waals surface area contributed by atoms with Crippen LogP contribution in [0.25, 0.3) is 0 Å². The van der Waals surface area contributed by atoms with Crippen molar-refractivity contribution < 1.29 is 5.11 Å². The number of aryl methyl sites for hydroxylation is 1. The molecule has 1 atom stereocenters. The zero-order valence-corrected chi connectivity index (χ0v) is 16.8. The van der Waals surface area contributed by atoms with E-state index in [1.165, 1.54) is 25.7 Å².